The summed E-state index contributed by atoms with van der Waals surface area (Å²) in [6, 6.07) is 7.55. The zero-order chi connectivity index (χ0) is 12.4. The van der Waals surface area contributed by atoms with Crippen LogP contribution in [0.2, 0.25) is 0 Å². The predicted octanol–water partition coefficient (Wildman–Crippen LogP) is 0.759. The molecule has 4 heteroatoms. The molecular formula is C13H19N3O. The van der Waals surface area contributed by atoms with Gasteiger partial charge in [-0.05, 0) is 12.5 Å². The van der Waals surface area contributed by atoms with Crippen LogP contribution in [0.15, 0.2) is 29.3 Å². The molecule has 4 nitrogen and oxygen atoms in total. The van der Waals surface area contributed by atoms with Gasteiger partial charge in [-0.1, -0.05) is 24.3 Å². The summed E-state index contributed by atoms with van der Waals surface area (Å²) in [4.78, 5) is 6.59. The molecule has 1 aliphatic rings. The quantitative estimate of drug-likeness (QED) is 0.810. The molecule has 0 aliphatic carbocycles. The van der Waals surface area contributed by atoms with Crippen molar-refractivity contribution < 1.29 is 5.11 Å². The molecular weight excluding hydrogens is 214 g/mol. The van der Waals surface area contributed by atoms with Crippen molar-refractivity contribution in [3.63, 3.8) is 0 Å². The standard InChI is InChI=1S/C13H19N3O/c1-9(14)12(17)10-3-5-11(6-4-10)13-15-7-8-16(13)2/h3-6,9,12,17H,7-8,14H2,1-2H3. The zero-order valence-electron chi connectivity index (χ0n) is 10.3. The summed E-state index contributed by atoms with van der Waals surface area (Å²) in [5.74, 6) is 1.02. The van der Waals surface area contributed by atoms with Gasteiger partial charge in [0.05, 0.1) is 12.6 Å². The molecule has 0 radical (unpaired) electrons. The van der Waals surface area contributed by atoms with Gasteiger partial charge in [0.1, 0.15) is 5.84 Å². The molecule has 92 valence electrons. The van der Waals surface area contributed by atoms with Crippen LogP contribution in [0, 0.1) is 0 Å². The second-order valence-electron chi connectivity index (χ2n) is 4.55. The molecule has 17 heavy (non-hydrogen) atoms. The van der Waals surface area contributed by atoms with E-state index in [1.54, 1.807) is 6.92 Å². The minimum atomic E-state index is -0.604. The summed E-state index contributed by atoms with van der Waals surface area (Å²) in [7, 11) is 2.04. The first-order chi connectivity index (χ1) is 8.09. The molecule has 1 aromatic carbocycles. The summed E-state index contributed by atoms with van der Waals surface area (Å²) in [5, 5.41) is 9.84. The van der Waals surface area contributed by atoms with E-state index in [0.717, 1.165) is 30.1 Å². The van der Waals surface area contributed by atoms with E-state index in [0.29, 0.717) is 0 Å². The molecule has 2 unspecified atom stereocenters. The van der Waals surface area contributed by atoms with Crippen LogP contribution in [-0.2, 0) is 0 Å². The van der Waals surface area contributed by atoms with Crippen LogP contribution in [-0.4, -0.2) is 42.0 Å². The predicted molar refractivity (Wildman–Crippen MR) is 69.1 cm³/mol. The van der Waals surface area contributed by atoms with E-state index in [1.807, 2.05) is 31.3 Å². The third-order valence-corrected chi connectivity index (χ3v) is 3.07. The largest absolute Gasteiger partial charge is 0.387 e. The number of benzene rings is 1. The van der Waals surface area contributed by atoms with Crippen molar-refractivity contribution in [2.45, 2.75) is 19.1 Å². The first kappa shape index (κ1) is 12.1. The smallest absolute Gasteiger partial charge is 0.130 e. The van der Waals surface area contributed by atoms with Gasteiger partial charge in [0, 0.05) is 25.2 Å². The van der Waals surface area contributed by atoms with Crippen molar-refractivity contribution in [3.8, 4) is 0 Å². The zero-order valence-corrected chi connectivity index (χ0v) is 10.3. The van der Waals surface area contributed by atoms with Gasteiger partial charge in [0.15, 0.2) is 0 Å². The van der Waals surface area contributed by atoms with E-state index in [9.17, 15) is 5.11 Å². The van der Waals surface area contributed by atoms with Crippen molar-refractivity contribution in [1.82, 2.24) is 4.90 Å². The first-order valence-electron chi connectivity index (χ1n) is 5.89. The van der Waals surface area contributed by atoms with Gasteiger partial charge >= 0.3 is 0 Å². The highest BCUT2D eigenvalue weighted by molar-refractivity contribution is 5.99. The number of rotatable bonds is 3. The van der Waals surface area contributed by atoms with Crippen molar-refractivity contribution in [1.29, 1.82) is 0 Å². The number of aliphatic hydroxyl groups excluding tert-OH is 1. The van der Waals surface area contributed by atoms with Crippen molar-refractivity contribution in [2.75, 3.05) is 20.1 Å². The Kier molecular flexibility index (Phi) is 3.45. The lowest BCUT2D eigenvalue weighted by molar-refractivity contribution is 0.153. The maximum atomic E-state index is 9.84. The molecule has 0 fully saturated rings. The van der Waals surface area contributed by atoms with Crippen molar-refractivity contribution in [3.05, 3.63) is 35.4 Å². The highest BCUT2D eigenvalue weighted by Gasteiger charge is 2.16. The fraction of sp³-hybridized carbons (Fsp3) is 0.462. The molecule has 2 rings (SSSR count). The summed E-state index contributed by atoms with van der Waals surface area (Å²) in [6.07, 6.45) is -0.604. The second-order valence-corrected chi connectivity index (χ2v) is 4.55. The number of nitrogens with two attached hydrogens (primary N) is 1. The van der Waals surface area contributed by atoms with Crippen LogP contribution in [0.5, 0.6) is 0 Å². The lowest BCUT2D eigenvalue weighted by atomic mass is 10.0. The highest BCUT2D eigenvalue weighted by atomic mass is 16.3. The average molecular weight is 233 g/mol. The molecule has 0 aromatic heterocycles. The van der Waals surface area contributed by atoms with Gasteiger partial charge in [-0.2, -0.15) is 0 Å². The number of likely N-dealkylation sites (N-methyl/N-ethyl adjacent to an activating group) is 1. The van der Waals surface area contributed by atoms with E-state index >= 15 is 0 Å². The molecule has 0 amide bonds. The van der Waals surface area contributed by atoms with E-state index in [2.05, 4.69) is 9.89 Å². The SMILES string of the molecule is CC(N)C(O)c1ccc(C2=NCCN2C)cc1. The summed E-state index contributed by atoms with van der Waals surface area (Å²) in [5.41, 5.74) is 7.61. The number of hydrogen-bond donors (Lipinski definition) is 2. The maximum absolute atomic E-state index is 9.84. The van der Waals surface area contributed by atoms with Crippen molar-refractivity contribution in [2.24, 2.45) is 10.7 Å². The van der Waals surface area contributed by atoms with Crippen molar-refractivity contribution >= 4 is 5.84 Å². The molecule has 0 bridgehead atoms. The van der Waals surface area contributed by atoms with Crippen LogP contribution in [0.25, 0.3) is 0 Å². The summed E-state index contributed by atoms with van der Waals surface area (Å²) in [6.45, 7) is 3.63. The molecule has 0 spiro atoms. The Morgan fingerprint density at radius 2 is 2.00 bits per heavy atom. The van der Waals surface area contributed by atoms with Crippen LogP contribution in [0.3, 0.4) is 0 Å². The first-order valence-corrected chi connectivity index (χ1v) is 5.89. The fourth-order valence-corrected chi connectivity index (χ4v) is 1.98. The number of hydrogen-bond acceptors (Lipinski definition) is 4. The molecule has 2 atom stereocenters. The minimum absolute atomic E-state index is 0.257. The third-order valence-electron chi connectivity index (χ3n) is 3.07. The van der Waals surface area contributed by atoms with E-state index in [4.69, 9.17) is 5.73 Å². The topological polar surface area (TPSA) is 61.9 Å². The van der Waals surface area contributed by atoms with E-state index in [-0.39, 0.29) is 6.04 Å². The Labute approximate surface area is 102 Å². The lowest BCUT2D eigenvalue weighted by Crippen LogP contribution is -2.25. The molecule has 0 saturated heterocycles. The van der Waals surface area contributed by atoms with E-state index < -0.39 is 6.10 Å². The monoisotopic (exact) mass is 233 g/mol. The van der Waals surface area contributed by atoms with Gasteiger partial charge in [-0.3, -0.25) is 4.99 Å². The van der Waals surface area contributed by atoms with Crippen LogP contribution in [0.1, 0.15) is 24.2 Å². The number of aliphatic imine (C=N–C) groups is 1. The van der Waals surface area contributed by atoms with Gasteiger partial charge in [-0.15, -0.1) is 0 Å². The third kappa shape index (κ3) is 2.48. The molecule has 0 saturated carbocycles. The Hall–Kier alpha value is -1.39. The normalized spacial score (nSPS) is 19.1. The number of nitrogens with zero attached hydrogens (tertiary/aromatic N) is 2. The van der Waals surface area contributed by atoms with Crippen LogP contribution in [0.4, 0.5) is 0 Å². The number of aliphatic hydroxyl groups is 1. The molecule has 1 aliphatic heterocycles. The van der Waals surface area contributed by atoms with Gasteiger partial charge in [-0.25, -0.2) is 0 Å². The van der Waals surface area contributed by atoms with Gasteiger partial charge < -0.3 is 15.7 Å². The molecule has 1 aromatic rings. The maximum Gasteiger partial charge on any atom is 0.130 e. The average Bonchev–Trinajstić information content (AvgIpc) is 2.74. The number of amidine groups is 1. The summed E-state index contributed by atoms with van der Waals surface area (Å²) < 4.78 is 0. The molecule has 3 N–H and O–H groups in total. The molecule has 1 heterocycles. The van der Waals surface area contributed by atoms with E-state index in [1.165, 1.54) is 0 Å². The highest BCUT2D eigenvalue weighted by Crippen LogP contribution is 2.17. The van der Waals surface area contributed by atoms with Crippen LogP contribution < -0.4 is 5.73 Å². The van der Waals surface area contributed by atoms with Gasteiger partial charge in [0.2, 0.25) is 0 Å². The second kappa shape index (κ2) is 4.85. The lowest BCUT2D eigenvalue weighted by Gasteiger charge is -2.17. The Morgan fingerprint density at radius 3 is 2.47 bits per heavy atom. The fourth-order valence-electron chi connectivity index (χ4n) is 1.98. The van der Waals surface area contributed by atoms with Gasteiger partial charge in [0.25, 0.3) is 0 Å². The Morgan fingerprint density at radius 1 is 1.35 bits per heavy atom. The Balaban J connectivity index is 2.19. The van der Waals surface area contributed by atoms with Crippen LogP contribution >= 0.6 is 0 Å². The Bertz CT molecular complexity index is 411. The summed E-state index contributed by atoms with van der Waals surface area (Å²) >= 11 is 0. The minimum Gasteiger partial charge on any atom is -0.387 e.